The van der Waals surface area contributed by atoms with Crippen LogP contribution in [0.15, 0.2) is 12.3 Å². The van der Waals surface area contributed by atoms with Crippen molar-refractivity contribution in [3.05, 3.63) is 12.3 Å². The highest BCUT2D eigenvalue weighted by Crippen LogP contribution is 2.44. The fourth-order valence-electron chi connectivity index (χ4n) is 5.78. The van der Waals surface area contributed by atoms with Crippen LogP contribution < -0.4 is 14.5 Å². The van der Waals surface area contributed by atoms with E-state index >= 15 is 0 Å². The Kier molecular flexibility index (Phi) is 6.97. The van der Waals surface area contributed by atoms with Gasteiger partial charge in [-0.3, -0.25) is 9.69 Å². The molecule has 3 heterocycles. The summed E-state index contributed by atoms with van der Waals surface area (Å²) in [5.41, 5.74) is 0.0777. The van der Waals surface area contributed by atoms with E-state index in [1.165, 1.54) is 4.90 Å². The minimum absolute atomic E-state index is 0.228. The number of hydrogen-bond acceptors (Lipinski definition) is 6. The van der Waals surface area contributed by atoms with Crippen molar-refractivity contribution in [2.45, 2.75) is 70.4 Å². The van der Waals surface area contributed by atoms with Gasteiger partial charge in [0, 0.05) is 38.3 Å². The molecule has 3 aliphatic rings. The Morgan fingerprint density at radius 1 is 1.27 bits per heavy atom. The molecule has 3 fully saturated rings. The van der Waals surface area contributed by atoms with Crippen molar-refractivity contribution in [2.75, 3.05) is 43.1 Å². The first-order valence-electron chi connectivity index (χ1n) is 12.2. The molecule has 2 N–H and O–H groups in total. The van der Waals surface area contributed by atoms with Crippen molar-refractivity contribution in [1.82, 2.24) is 9.88 Å². The van der Waals surface area contributed by atoms with Gasteiger partial charge >= 0.3 is 6.09 Å². The molecule has 33 heavy (non-hydrogen) atoms. The molecule has 0 aromatic carbocycles. The maximum Gasteiger partial charge on any atom is 0.411 e. The molecular formula is C24H36N4O5. The lowest BCUT2D eigenvalue weighted by Gasteiger charge is -2.41. The first-order valence-corrected chi connectivity index (χ1v) is 12.2. The quantitative estimate of drug-likeness (QED) is 0.672. The Morgan fingerprint density at radius 2 is 2.03 bits per heavy atom. The Morgan fingerprint density at radius 3 is 2.70 bits per heavy atom. The average Bonchev–Trinajstić information content (AvgIpc) is 3.12. The van der Waals surface area contributed by atoms with Gasteiger partial charge in [0.15, 0.2) is 11.6 Å². The third-order valence-corrected chi connectivity index (χ3v) is 7.56. The highest BCUT2D eigenvalue weighted by atomic mass is 16.5. The van der Waals surface area contributed by atoms with Crippen LogP contribution in [0.1, 0.15) is 58.3 Å². The summed E-state index contributed by atoms with van der Waals surface area (Å²) < 4.78 is 5.61. The van der Waals surface area contributed by atoms with Crippen molar-refractivity contribution in [2.24, 2.45) is 5.41 Å². The van der Waals surface area contributed by atoms with Gasteiger partial charge in [0.2, 0.25) is 5.91 Å². The minimum Gasteiger partial charge on any atom is -0.493 e. The van der Waals surface area contributed by atoms with Crippen molar-refractivity contribution in [3.63, 3.8) is 0 Å². The molecule has 2 aliphatic heterocycles. The summed E-state index contributed by atoms with van der Waals surface area (Å²) >= 11 is 0. The number of aliphatic hydroxyl groups is 1. The van der Waals surface area contributed by atoms with E-state index in [2.05, 4.69) is 14.8 Å². The fraction of sp³-hybridized carbons (Fsp3) is 0.708. The van der Waals surface area contributed by atoms with Crippen molar-refractivity contribution in [3.8, 4) is 5.75 Å². The molecule has 1 aliphatic carbocycles. The molecule has 2 saturated heterocycles. The van der Waals surface area contributed by atoms with Crippen molar-refractivity contribution >= 4 is 23.5 Å². The maximum atomic E-state index is 13.6. The molecule has 4 rings (SSSR count). The van der Waals surface area contributed by atoms with E-state index in [9.17, 15) is 19.8 Å². The predicted octanol–water partition coefficient (Wildman–Crippen LogP) is 3.11. The summed E-state index contributed by atoms with van der Waals surface area (Å²) in [5.74, 6) is 1.42. The Labute approximate surface area is 195 Å². The zero-order chi connectivity index (χ0) is 23.6. The smallest absolute Gasteiger partial charge is 0.411 e. The number of anilines is 2. The van der Waals surface area contributed by atoms with Crippen LogP contribution in [-0.2, 0) is 4.79 Å². The van der Waals surface area contributed by atoms with Gasteiger partial charge in [-0.05, 0) is 51.4 Å². The maximum absolute atomic E-state index is 13.6. The summed E-state index contributed by atoms with van der Waals surface area (Å²) in [4.78, 5) is 35.3. The van der Waals surface area contributed by atoms with Crippen LogP contribution in [0.5, 0.6) is 5.75 Å². The number of pyridine rings is 1. The second-order valence-electron chi connectivity index (χ2n) is 9.67. The molecule has 182 valence electrons. The molecule has 0 unspecified atom stereocenters. The lowest BCUT2D eigenvalue weighted by molar-refractivity contribution is -0.139. The van der Waals surface area contributed by atoms with Crippen LogP contribution >= 0.6 is 0 Å². The van der Waals surface area contributed by atoms with Gasteiger partial charge in [-0.2, -0.15) is 0 Å². The largest absolute Gasteiger partial charge is 0.493 e. The predicted molar refractivity (Wildman–Crippen MR) is 125 cm³/mol. The number of ether oxygens (including phenoxy) is 1. The number of nitrogens with zero attached hydrogens (tertiary/aromatic N) is 4. The van der Waals surface area contributed by atoms with Crippen LogP contribution in [0.25, 0.3) is 0 Å². The number of carboxylic acid groups (broad SMARTS) is 1. The highest BCUT2D eigenvalue weighted by Gasteiger charge is 2.51. The number of rotatable bonds is 6. The molecule has 1 spiro atoms. The number of piperidine rings is 1. The third kappa shape index (κ3) is 4.60. The molecular weight excluding hydrogens is 424 g/mol. The van der Waals surface area contributed by atoms with Gasteiger partial charge in [-0.25, -0.2) is 9.78 Å². The molecule has 0 bridgehead atoms. The normalized spacial score (nSPS) is 27.8. The zero-order valence-electron chi connectivity index (χ0n) is 19.7. The monoisotopic (exact) mass is 460 g/mol. The Balaban J connectivity index is 1.52. The molecule has 1 saturated carbocycles. The number of hydrogen-bond donors (Lipinski definition) is 2. The number of methoxy groups -OCH3 is 1. The number of carbonyl (C=O) groups is 2. The van der Waals surface area contributed by atoms with E-state index in [1.807, 2.05) is 6.92 Å². The van der Waals surface area contributed by atoms with Crippen LogP contribution in [-0.4, -0.2) is 77.5 Å². The van der Waals surface area contributed by atoms with Gasteiger partial charge in [-0.15, -0.1) is 0 Å². The third-order valence-electron chi connectivity index (χ3n) is 7.56. The fourth-order valence-corrected chi connectivity index (χ4v) is 5.78. The van der Waals surface area contributed by atoms with Gasteiger partial charge in [-0.1, -0.05) is 6.92 Å². The molecule has 1 aromatic rings. The number of carbonyl (C=O) groups excluding carboxylic acids is 1. The number of aromatic nitrogens is 1. The summed E-state index contributed by atoms with van der Waals surface area (Å²) in [6.45, 7) is 4.47. The van der Waals surface area contributed by atoms with Crippen molar-refractivity contribution in [1.29, 1.82) is 0 Å². The lowest BCUT2D eigenvalue weighted by Crippen LogP contribution is -2.50. The molecule has 9 heteroatoms. The topological polar surface area (TPSA) is 106 Å². The highest BCUT2D eigenvalue weighted by molar-refractivity contribution is 5.87. The summed E-state index contributed by atoms with van der Waals surface area (Å²) in [6.07, 6.45) is 6.94. The Hall–Kier alpha value is -2.55. The lowest BCUT2D eigenvalue weighted by atomic mass is 9.78. The zero-order valence-corrected chi connectivity index (χ0v) is 19.7. The average molecular weight is 461 g/mol. The van der Waals surface area contributed by atoms with E-state index in [0.29, 0.717) is 36.8 Å². The van der Waals surface area contributed by atoms with Gasteiger partial charge in [0.05, 0.1) is 30.5 Å². The summed E-state index contributed by atoms with van der Waals surface area (Å²) in [7, 11) is 1.56. The second kappa shape index (κ2) is 9.75. The first-order chi connectivity index (χ1) is 15.9. The van der Waals surface area contributed by atoms with Gasteiger partial charge < -0.3 is 24.7 Å². The number of likely N-dealkylation sites (tertiary alicyclic amines) is 1. The summed E-state index contributed by atoms with van der Waals surface area (Å²) in [5, 5.41) is 19.4. The van der Waals surface area contributed by atoms with Crippen LogP contribution in [0.3, 0.4) is 0 Å². The molecule has 0 radical (unpaired) electrons. The minimum atomic E-state index is -1.02. The Bertz CT molecular complexity index is 872. The van der Waals surface area contributed by atoms with E-state index in [0.717, 1.165) is 58.0 Å². The van der Waals surface area contributed by atoms with E-state index in [-0.39, 0.29) is 18.1 Å². The van der Waals surface area contributed by atoms with Crippen LogP contribution in [0.2, 0.25) is 0 Å². The molecule has 9 nitrogen and oxygen atoms in total. The molecule has 2 amide bonds. The van der Waals surface area contributed by atoms with Gasteiger partial charge in [0.1, 0.15) is 0 Å². The second-order valence-corrected chi connectivity index (χ2v) is 9.67. The van der Waals surface area contributed by atoms with E-state index in [1.54, 1.807) is 19.4 Å². The van der Waals surface area contributed by atoms with E-state index < -0.39 is 11.5 Å². The summed E-state index contributed by atoms with van der Waals surface area (Å²) in [6, 6.07) is 1.96. The van der Waals surface area contributed by atoms with Crippen LogP contribution in [0, 0.1) is 5.41 Å². The van der Waals surface area contributed by atoms with E-state index in [4.69, 9.17) is 4.74 Å². The first kappa shape index (κ1) is 23.6. The van der Waals surface area contributed by atoms with Crippen LogP contribution in [0.4, 0.5) is 16.3 Å². The number of amides is 2. The SMILES string of the molecule is CCCN(C(=O)O)c1cnc(N2CCC[C@]3(CCN(C4CCC(O)CC4)C3=O)C2)c(OC)c1. The number of aliphatic hydroxyl groups excluding tert-OH is 1. The molecule has 1 atom stereocenters. The molecule has 1 aromatic heterocycles. The van der Waals surface area contributed by atoms with Gasteiger partial charge in [0.25, 0.3) is 0 Å². The van der Waals surface area contributed by atoms with Crippen molar-refractivity contribution < 1.29 is 24.5 Å². The standard InChI is InChI=1S/C24H36N4O5/c1-3-11-28(23(31)32)18-14-20(33-2)21(25-15-18)26-12-4-9-24(16-26)10-13-27(22(24)30)17-5-7-19(29)8-6-17/h14-15,17,19,29H,3-13,16H2,1-2H3,(H,31,32)/t17?,19?,24-/m0/s1.